The molecule has 0 unspecified atom stereocenters. The monoisotopic (exact) mass is 249 g/mol. The lowest BCUT2D eigenvalue weighted by Gasteiger charge is -2.09. The predicted molar refractivity (Wildman–Crippen MR) is 72.9 cm³/mol. The summed E-state index contributed by atoms with van der Waals surface area (Å²) in [5, 5.41) is 0.888. The smallest absolute Gasteiger partial charge is 0.240 e. The van der Waals surface area contributed by atoms with Crippen LogP contribution in [0, 0.1) is 4.91 Å². The van der Waals surface area contributed by atoms with Crippen molar-refractivity contribution in [3.05, 3.63) is 65.1 Å². The number of para-hydroxylation sites is 2. The first-order chi connectivity index (χ1) is 9.27. The summed E-state index contributed by atoms with van der Waals surface area (Å²) in [4.78, 5) is 24.9. The first-order valence-electron chi connectivity index (χ1n) is 5.99. The van der Waals surface area contributed by atoms with Gasteiger partial charge in [0.05, 0.1) is 0 Å². The number of aromatic nitrogens is 1. The molecule has 2 heterocycles. The number of hydrogen-bond acceptors (Lipinski definition) is 2. The number of hydrogen-bond donors (Lipinski definition) is 0. The van der Waals surface area contributed by atoms with Gasteiger partial charge in [-0.25, -0.2) is 4.79 Å². The van der Waals surface area contributed by atoms with E-state index in [9.17, 15) is 9.70 Å². The molecule has 0 spiro atoms. The van der Waals surface area contributed by atoms with Crippen LogP contribution in [-0.4, -0.2) is 10.5 Å². The van der Waals surface area contributed by atoms with Crippen LogP contribution < -0.4 is 4.76 Å². The second-order valence-corrected chi connectivity index (χ2v) is 4.51. The van der Waals surface area contributed by atoms with Crippen molar-refractivity contribution in [2.45, 2.75) is 0 Å². The third-order valence-corrected chi connectivity index (χ3v) is 3.46. The third-order valence-electron chi connectivity index (χ3n) is 3.46. The molecule has 0 N–H and O–H groups in total. The van der Waals surface area contributed by atoms with E-state index in [-0.39, 0.29) is 5.91 Å². The van der Waals surface area contributed by atoms with Crippen molar-refractivity contribution in [3.63, 3.8) is 0 Å². The Morgan fingerprint density at radius 1 is 0.947 bits per heavy atom. The second kappa shape index (κ2) is 3.38. The van der Waals surface area contributed by atoms with Gasteiger partial charge in [0, 0.05) is 16.2 Å². The van der Waals surface area contributed by atoms with Gasteiger partial charge in [0.15, 0.2) is 5.69 Å². The number of nitroso groups, excluding NO2 is 1. The molecule has 1 aromatic heterocycles. The van der Waals surface area contributed by atoms with E-state index in [1.54, 1.807) is 30.3 Å². The van der Waals surface area contributed by atoms with Crippen LogP contribution in [0.2, 0.25) is 0 Å². The molecule has 3 aromatic rings. The average Bonchev–Trinajstić information content (AvgIpc) is 2.84. The molecular formula is C15H9N2O2+. The quantitative estimate of drug-likeness (QED) is 0.449. The Kier molecular flexibility index (Phi) is 1.82. The van der Waals surface area contributed by atoms with E-state index in [1.165, 1.54) is 4.57 Å². The zero-order valence-electron chi connectivity index (χ0n) is 9.91. The molecule has 0 aliphatic carbocycles. The lowest BCUT2D eigenvalue weighted by molar-refractivity contribution is 0.0962. The van der Waals surface area contributed by atoms with Gasteiger partial charge in [-0.05, 0) is 18.2 Å². The first kappa shape index (κ1) is 10.2. The Balaban J connectivity index is 2.14. The predicted octanol–water partition coefficient (Wildman–Crippen LogP) is 3.24. The molecule has 4 rings (SSSR count). The minimum Gasteiger partial charge on any atom is -0.240 e. The van der Waals surface area contributed by atoms with Gasteiger partial charge < -0.3 is 0 Å². The van der Waals surface area contributed by atoms with Crippen LogP contribution in [0.25, 0.3) is 10.9 Å². The summed E-state index contributed by atoms with van der Waals surface area (Å²) in [6, 6.07) is 16.1. The van der Waals surface area contributed by atoms with Gasteiger partial charge in [-0.3, -0.25) is 0 Å². The van der Waals surface area contributed by atoms with Crippen molar-refractivity contribution in [2.75, 3.05) is 0 Å². The van der Waals surface area contributed by atoms with Crippen LogP contribution in [0.3, 0.4) is 0 Å². The topological polar surface area (TPSA) is 42.1 Å². The van der Waals surface area contributed by atoms with Crippen LogP contribution in [0.4, 0.5) is 11.5 Å². The fourth-order valence-electron chi connectivity index (χ4n) is 2.58. The van der Waals surface area contributed by atoms with Crippen molar-refractivity contribution in [2.24, 2.45) is 0 Å². The van der Waals surface area contributed by atoms with Crippen LogP contribution >= 0.6 is 0 Å². The Bertz CT molecular complexity index is 861. The Hall–Kier alpha value is -2.75. The Morgan fingerprint density at radius 3 is 2.58 bits per heavy atom. The maximum atomic E-state index is 12.5. The van der Waals surface area contributed by atoms with E-state index < -0.39 is 0 Å². The van der Waals surface area contributed by atoms with Gasteiger partial charge >= 0.3 is 11.7 Å². The van der Waals surface area contributed by atoms with E-state index >= 15 is 0 Å². The molecule has 0 radical (unpaired) electrons. The fraction of sp³-hybridized carbons (Fsp3) is 0. The second-order valence-electron chi connectivity index (χ2n) is 4.51. The van der Waals surface area contributed by atoms with Crippen LogP contribution in [-0.2, 0) is 0 Å². The average molecular weight is 249 g/mol. The standard InChI is InChI=1S/C15H9N2O2/c18-15-11-6-2-4-8-13(11)17(19)14-9-10-5-1-3-7-12(10)16(14)15/h1-9H/q+1. The lowest BCUT2D eigenvalue weighted by Crippen LogP contribution is -2.22. The van der Waals surface area contributed by atoms with Crippen molar-refractivity contribution in [1.82, 2.24) is 9.33 Å². The zero-order chi connectivity index (χ0) is 13.0. The minimum absolute atomic E-state index is 0.154. The Morgan fingerprint density at radius 2 is 1.68 bits per heavy atom. The third kappa shape index (κ3) is 1.20. The highest BCUT2D eigenvalue weighted by molar-refractivity contribution is 6.09. The summed E-state index contributed by atoms with van der Waals surface area (Å²) in [5.74, 6) is 0.212. The van der Waals surface area contributed by atoms with E-state index in [0.717, 1.165) is 15.7 Å². The van der Waals surface area contributed by atoms with Gasteiger partial charge in [-0.1, -0.05) is 35.2 Å². The maximum Gasteiger partial charge on any atom is 0.350 e. The van der Waals surface area contributed by atoms with E-state index in [0.29, 0.717) is 17.1 Å². The van der Waals surface area contributed by atoms with Gasteiger partial charge in [-0.15, -0.1) is 0 Å². The largest absolute Gasteiger partial charge is 0.350 e. The molecule has 0 bridgehead atoms. The highest BCUT2D eigenvalue weighted by atomic mass is 16.3. The van der Waals surface area contributed by atoms with Crippen molar-refractivity contribution in [3.8, 4) is 0 Å². The molecule has 0 saturated carbocycles. The molecule has 0 saturated heterocycles. The molecule has 0 atom stereocenters. The molecule has 0 fully saturated rings. The van der Waals surface area contributed by atoms with Gasteiger partial charge in [0.2, 0.25) is 0 Å². The van der Waals surface area contributed by atoms with E-state index in [4.69, 9.17) is 0 Å². The summed E-state index contributed by atoms with van der Waals surface area (Å²) in [7, 11) is 0. The first-order valence-corrected chi connectivity index (χ1v) is 5.99. The highest BCUT2D eigenvalue weighted by Gasteiger charge is 2.37. The molecule has 4 nitrogen and oxygen atoms in total. The van der Waals surface area contributed by atoms with Crippen molar-refractivity contribution >= 4 is 28.3 Å². The molecule has 2 aromatic carbocycles. The molecule has 0 amide bonds. The SMILES string of the molecule is O=C1c2ccccc2[N+](=O)c2cc3ccccc3n21. The number of rotatable bonds is 0. The number of carbonyl (C=O) groups is 1. The zero-order valence-corrected chi connectivity index (χ0v) is 9.91. The fourth-order valence-corrected chi connectivity index (χ4v) is 2.58. The molecule has 1 aliphatic rings. The van der Waals surface area contributed by atoms with Crippen molar-refractivity contribution in [1.29, 1.82) is 0 Å². The van der Waals surface area contributed by atoms with Gasteiger partial charge in [0.1, 0.15) is 11.1 Å². The lowest BCUT2D eigenvalue weighted by atomic mass is 10.1. The number of nitrogens with zero attached hydrogens (tertiary/aromatic N) is 2. The summed E-state index contributed by atoms with van der Waals surface area (Å²) in [5.41, 5.74) is 1.60. The van der Waals surface area contributed by atoms with Crippen LogP contribution in [0.15, 0.2) is 54.6 Å². The minimum atomic E-state index is -0.154. The summed E-state index contributed by atoms with van der Waals surface area (Å²) >= 11 is 0. The normalized spacial score (nSPS) is 13.5. The number of benzene rings is 2. The highest BCUT2D eigenvalue weighted by Crippen LogP contribution is 2.35. The molecule has 1 aliphatic heterocycles. The maximum absolute atomic E-state index is 12.5. The summed E-state index contributed by atoms with van der Waals surface area (Å²) in [6.07, 6.45) is 0. The van der Waals surface area contributed by atoms with Crippen molar-refractivity contribution < 1.29 is 4.79 Å². The van der Waals surface area contributed by atoms with Crippen LogP contribution in [0.1, 0.15) is 10.4 Å². The van der Waals surface area contributed by atoms with Crippen LogP contribution in [0.5, 0.6) is 0 Å². The Labute approximate surface area is 108 Å². The van der Waals surface area contributed by atoms with Gasteiger partial charge in [0.25, 0.3) is 0 Å². The van der Waals surface area contributed by atoms with E-state index in [1.807, 2.05) is 24.3 Å². The molecule has 4 heteroatoms. The number of fused-ring (bicyclic) bond motifs is 4. The molecule has 90 valence electrons. The van der Waals surface area contributed by atoms with E-state index in [2.05, 4.69) is 0 Å². The molecule has 19 heavy (non-hydrogen) atoms. The summed E-state index contributed by atoms with van der Waals surface area (Å²) < 4.78 is 2.29. The molecular weight excluding hydrogens is 240 g/mol. The van der Waals surface area contributed by atoms with Gasteiger partial charge in [-0.2, -0.15) is 4.57 Å². The summed E-state index contributed by atoms with van der Waals surface area (Å²) in [6.45, 7) is 0. The number of carbonyl (C=O) groups excluding carboxylic acids is 1.